The molecule has 0 saturated carbocycles. The van der Waals surface area contributed by atoms with Gasteiger partial charge in [0.2, 0.25) is 0 Å². The van der Waals surface area contributed by atoms with E-state index >= 15 is 0 Å². The number of hydrogen-bond acceptors (Lipinski definition) is 0. The Morgan fingerprint density at radius 1 is 0.417 bits per heavy atom. The van der Waals surface area contributed by atoms with Gasteiger partial charge < -0.3 is 0 Å². The Kier molecular flexibility index (Phi) is 3.64. The number of fused-ring (bicyclic) bond motifs is 3. The summed E-state index contributed by atoms with van der Waals surface area (Å²) in [6.07, 6.45) is 0. The van der Waals surface area contributed by atoms with Crippen molar-refractivity contribution in [3.05, 3.63) is 119 Å². The zero-order valence-corrected chi connectivity index (χ0v) is 21.2. The van der Waals surface area contributed by atoms with Gasteiger partial charge in [-0.25, -0.2) is 0 Å². The summed E-state index contributed by atoms with van der Waals surface area (Å²) < 4.78 is 0. The lowest BCUT2D eigenvalue weighted by molar-refractivity contribution is 0.646. The van der Waals surface area contributed by atoms with Gasteiger partial charge in [0.05, 0.1) is 0 Å². The second-order valence-corrected chi connectivity index (χ2v) is 11.7. The molecule has 0 nitrogen and oxygen atoms in total. The van der Waals surface area contributed by atoms with E-state index < -0.39 is 0 Å². The molecule has 2 aliphatic rings. The molecule has 0 bridgehead atoms. The largest absolute Gasteiger partial charge is 0.0616 e. The standard InChI is InChI=1S/C36H28/c1-35(2)27-18-10-13-22-19-20-28-31(29(22)27)32-33(35)26-16-8-7-15-25(26)30(34(32)36(28,3)4)24-17-9-12-21-11-5-6-14-23(21)24/h5-20H,1-4H3. The van der Waals surface area contributed by atoms with Crippen molar-refractivity contribution in [1.82, 2.24) is 0 Å². The van der Waals surface area contributed by atoms with Crippen LogP contribution in [0.5, 0.6) is 0 Å². The molecule has 36 heavy (non-hydrogen) atoms. The molecule has 0 aliphatic heterocycles. The van der Waals surface area contributed by atoms with Crippen LogP contribution in [-0.4, -0.2) is 0 Å². The summed E-state index contributed by atoms with van der Waals surface area (Å²) in [5.74, 6) is 0. The molecule has 0 radical (unpaired) electrons. The fourth-order valence-electron chi connectivity index (χ4n) is 7.64. The molecule has 0 unspecified atom stereocenters. The second-order valence-electron chi connectivity index (χ2n) is 11.7. The Morgan fingerprint density at radius 2 is 1.06 bits per heavy atom. The predicted octanol–water partition coefficient (Wildman–Crippen LogP) is 9.76. The number of rotatable bonds is 1. The number of benzene rings is 6. The van der Waals surface area contributed by atoms with Crippen LogP contribution in [-0.2, 0) is 10.8 Å². The van der Waals surface area contributed by atoms with E-state index in [0.29, 0.717) is 0 Å². The molecule has 0 amide bonds. The van der Waals surface area contributed by atoms with Crippen molar-refractivity contribution < 1.29 is 0 Å². The molecule has 2 aliphatic carbocycles. The molecule has 0 aromatic heterocycles. The summed E-state index contributed by atoms with van der Waals surface area (Å²) in [6.45, 7) is 9.75. The molecule has 172 valence electrons. The zero-order chi connectivity index (χ0) is 24.4. The normalized spacial score (nSPS) is 16.2. The van der Waals surface area contributed by atoms with Gasteiger partial charge in [0.1, 0.15) is 0 Å². The van der Waals surface area contributed by atoms with Crippen LogP contribution in [0.2, 0.25) is 0 Å². The van der Waals surface area contributed by atoms with E-state index in [-0.39, 0.29) is 10.8 Å². The smallest absolute Gasteiger partial charge is 0.0165 e. The van der Waals surface area contributed by atoms with E-state index in [1.54, 1.807) is 0 Å². The van der Waals surface area contributed by atoms with Crippen LogP contribution in [0.4, 0.5) is 0 Å². The van der Waals surface area contributed by atoms with Crippen molar-refractivity contribution in [2.75, 3.05) is 0 Å². The van der Waals surface area contributed by atoms with E-state index in [1.165, 1.54) is 76.8 Å². The van der Waals surface area contributed by atoms with Crippen LogP contribution in [0.3, 0.4) is 0 Å². The zero-order valence-electron chi connectivity index (χ0n) is 21.2. The van der Waals surface area contributed by atoms with Crippen LogP contribution >= 0.6 is 0 Å². The van der Waals surface area contributed by atoms with Crippen LogP contribution in [0.25, 0.3) is 54.6 Å². The predicted molar refractivity (Wildman–Crippen MR) is 154 cm³/mol. The fraction of sp³-hybridized carbons (Fsp3) is 0.167. The summed E-state index contributed by atoms with van der Waals surface area (Å²) in [7, 11) is 0. The second kappa shape index (κ2) is 6.45. The Bertz CT molecular complexity index is 1930. The van der Waals surface area contributed by atoms with E-state index in [4.69, 9.17) is 0 Å². The molecule has 8 rings (SSSR count). The molecule has 0 N–H and O–H groups in total. The third-order valence-corrected chi connectivity index (χ3v) is 9.17. The molecule has 6 aromatic rings. The molecule has 0 spiro atoms. The monoisotopic (exact) mass is 460 g/mol. The van der Waals surface area contributed by atoms with Crippen LogP contribution < -0.4 is 0 Å². The van der Waals surface area contributed by atoms with Crippen LogP contribution in [0.1, 0.15) is 49.9 Å². The summed E-state index contributed by atoms with van der Waals surface area (Å²) in [5, 5.41) is 8.19. The average molecular weight is 461 g/mol. The lowest BCUT2D eigenvalue weighted by atomic mass is 9.66. The highest BCUT2D eigenvalue weighted by molar-refractivity contribution is 6.18. The minimum absolute atomic E-state index is 0.0907. The lowest BCUT2D eigenvalue weighted by Gasteiger charge is -2.37. The molecular weight excluding hydrogens is 432 g/mol. The van der Waals surface area contributed by atoms with Crippen molar-refractivity contribution in [3.8, 4) is 22.3 Å². The quantitative estimate of drug-likeness (QED) is 0.229. The van der Waals surface area contributed by atoms with Gasteiger partial charge >= 0.3 is 0 Å². The van der Waals surface area contributed by atoms with Crippen molar-refractivity contribution in [2.45, 2.75) is 38.5 Å². The van der Waals surface area contributed by atoms with Crippen LogP contribution in [0, 0.1) is 0 Å². The summed E-state index contributed by atoms with van der Waals surface area (Å²) >= 11 is 0. The molecule has 0 heteroatoms. The third kappa shape index (κ3) is 2.22. The third-order valence-electron chi connectivity index (χ3n) is 9.17. The molecule has 0 fully saturated rings. The Balaban J connectivity index is 1.69. The SMILES string of the molecule is CC1(C)c2ccc3cccc4c3c2-c2c1c(-c1cccc3ccccc13)c1ccccc1c2C4(C)C. The summed E-state index contributed by atoms with van der Waals surface area (Å²) in [4.78, 5) is 0. The molecule has 0 heterocycles. The molecule has 6 aromatic carbocycles. The molecular formula is C36H28. The van der Waals surface area contributed by atoms with E-state index in [2.05, 4.69) is 125 Å². The first kappa shape index (κ1) is 20.3. The Labute approximate surface area is 212 Å². The molecule has 0 saturated heterocycles. The fourth-order valence-corrected chi connectivity index (χ4v) is 7.64. The van der Waals surface area contributed by atoms with Crippen molar-refractivity contribution in [2.24, 2.45) is 0 Å². The highest BCUT2D eigenvalue weighted by Gasteiger charge is 2.47. The van der Waals surface area contributed by atoms with E-state index in [0.717, 1.165) is 0 Å². The summed E-state index contributed by atoms with van der Waals surface area (Å²) in [5.41, 5.74) is 11.4. The van der Waals surface area contributed by atoms with Crippen molar-refractivity contribution >= 4 is 32.3 Å². The topological polar surface area (TPSA) is 0 Å². The van der Waals surface area contributed by atoms with Gasteiger partial charge in [-0.1, -0.05) is 125 Å². The van der Waals surface area contributed by atoms with Gasteiger partial charge in [-0.15, -0.1) is 0 Å². The minimum atomic E-state index is -0.0998. The van der Waals surface area contributed by atoms with Crippen molar-refractivity contribution in [1.29, 1.82) is 0 Å². The van der Waals surface area contributed by atoms with Gasteiger partial charge in [0.25, 0.3) is 0 Å². The summed E-state index contributed by atoms with van der Waals surface area (Å²) in [6, 6.07) is 36.5. The Morgan fingerprint density at radius 3 is 1.89 bits per heavy atom. The van der Waals surface area contributed by atoms with Gasteiger partial charge in [-0.3, -0.25) is 0 Å². The Hall–Kier alpha value is -3.90. The average Bonchev–Trinajstić information content (AvgIpc) is 3.13. The first-order valence-corrected chi connectivity index (χ1v) is 13.1. The maximum Gasteiger partial charge on any atom is 0.0165 e. The minimum Gasteiger partial charge on any atom is -0.0616 e. The van der Waals surface area contributed by atoms with E-state index in [9.17, 15) is 0 Å². The first-order valence-electron chi connectivity index (χ1n) is 13.1. The van der Waals surface area contributed by atoms with Gasteiger partial charge in [-0.2, -0.15) is 0 Å². The maximum absolute atomic E-state index is 2.44. The number of hydrogen-bond donors (Lipinski definition) is 0. The highest BCUT2D eigenvalue weighted by Crippen LogP contribution is 2.63. The van der Waals surface area contributed by atoms with Gasteiger partial charge in [-0.05, 0) is 76.8 Å². The first-order chi connectivity index (χ1) is 17.4. The van der Waals surface area contributed by atoms with Crippen molar-refractivity contribution in [3.63, 3.8) is 0 Å². The lowest BCUT2D eigenvalue weighted by Crippen LogP contribution is -2.24. The highest BCUT2D eigenvalue weighted by atomic mass is 14.5. The van der Waals surface area contributed by atoms with Gasteiger partial charge in [0.15, 0.2) is 0 Å². The van der Waals surface area contributed by atoms with Crippen LogP contribution in [0.15, 0.2) is 97.1 Å². The van der Waals surface area contributed by atoms with Gasteiger partial charge in [0, 0.05) is 10.8 Å². The maximum atomic E-state index is 2.44. The molecule has 0 atom stereocenters. The van der Waals surface area contributed by atoms with E-state index in [1.807, 2.05) is 0 Å².